The van der Waals surface area contributed by atoms with Gasteiger partial charge in [-0.3, -0.25) is 24.0 Å². The van der Waals surface area contributed by atoms with E-state index in [-0.39, 0.29) is 0 Å². The average molecular weight is 1200 g/mol. The molecule has 10 aliphatic rings. The van der Waals surface area contributed by atoms with Gasteiger partial charge in [0.2, 0.25) is 0 Å². The van der Waals surface area contributed by atoms with Gasteiger partial charge in [0.25, 0.3) is 0 Å². The van der Waals surface area contributed by atoms with E-state index in [9.17, 15) is 24.0 Å². The minimum Gasteiger partial charge on any atom is -0.300 e. The average Bonchev–Trinajstić information content (AvgIpc) is 3.56. The molecule has 496 valence electrons. The zero-order valence-electron chi connectivity index (χ0n) is 57.8. The Morgan fingerprint density at radius 1 is 0.221 bits per heavy atom. The van der Waals surface area contributed by atoms with Gasteiger partial charge in [0, 0.05) is 64.2 Å². The quantitative estimate of drug-likeness (QED) is 0.107. The van der Waals surface area contributed by atoms with Crippen molar-refractivity contribution in [1.82, 2.24) is 0 Å². The Hall–Kier alpha value is -1.65. The molecule has 0 spiro atoms. The van der Waals surface area contributed by atoms with Crippen LogP contribution >= 0.6 is 0 Å². The molecular formula is C81H142O5. The summed E-state index contributed by atoms with van der Waals surface area (Å²) >= 11 is 0. The van der Waals surface area contributed by atoms with Crippen LogP contribution in [-0.2, 0) is 24.0 Å². The van der Waals surface area contributed by atoms with Gasteiger partial charge >= 0.3 is 0 Å². The Kier molecular flexibility index (Phi) is 36.9. The Balaban J connectivity index is 0.000000172. The van der Waals surface area contributed by atoms with Crippen LogP contribution in [0.3, 0.4) is 0 Å². The lowest BCUT2D eigenvalue weighted by Crippen LogP contribution is -2.26. The summed E-state index contributed by atoms with van der Waals surface area (Å²) < 4.78 is 0. The van der Waals surface area contributed by atoms with Crippen LogP contribution in [0.4, 0.5) is 0 Å². The molecule has 0 saturated heterocycles. The molecule has 0 aromatic rings. The third-order valence-electron chi connectivity index (χ3n) is 25.6. The van der Waals surface area contributed by atoms with E-state index in [1.165, 1.54) is 289 Å². The minimum atomic E-state index is 0.531. The molecule has 10 saturated carbocycles. The van der Waals surface area contributed by atoms with Crippen molar-refractivity contribution in [3.63, 3.8) is 0 Å². The van der Waals surface area contributed by atoms with E-state index in [4.69, 9.17) is 0 Å². The number of ketones is 5. The van der Waals surface area contributed by atoms with Crippen molar-refractivity contribution in [3.05, 3.63) is 0 Å². The summed E-state index contributed by atoms with van der Waals surface area (Å²) in [4.78, 5) is 57.6. The maximum absolute atomic E-state index is 11.6. The van der Waals surface area contributed by atoms with E-state index >= 15 is 0 Å². The van der Waals surface area contributed by atoms with Crippen molar-refractivity contribution in [3.8, 4) is 0 Å². The topological polar surface area (TPSA) is 85.3 Å². The van der Waals surface area contributed by atoms with Crippen molar-refractivity contribution in [2.75, 3.05) is 0 Å². The fourth-order valence-corrected chi connectivity index (χ4v) is 19.8. The van der Waals surface area contributed by atoms with Crippen molar-refractivity contribution >= 4 is 28.9 Å². The monoisotopic (exact) mass is 1200 g/mol. The maximum Gasteiger partial charge on any atom is 0.133 e. The second-order valence-electron chi connectivity index (χ2n) is 31.9. The Bertz CT molecular complexity index is 1810. The molecule has 0 aliphatic heterocycles. The lowest BCUT2D eigenvalue weighted by molar-refractivity contribution is -0.123. The van der Waals surface area contributed by atoms with Crippen LogP contribution in [0.25, 0.3) is 0 Å². The van der Waals surface area contributed by atoms with Crippen LogP contribution < -0.4 is 0 Å². The fourth-order valence-electron chi connectivity index (χ4n) is 19.8. The molecule has 86 heavy (non-hydrogen) atoms. The Morgan fingerprint density at radius 3 is 0.709 bits per heavy atom. The Morgan fingerprint density at radius 2 is 0.453 bits per heavy atom. The molecule has 0 heterocycles. The van der Waals surface area contributed by atoms with Gasteiger partial charge < -0.3 is 0 Å². The summed E-state index contributed by atoms with van der Waals surface area (Å²) in [7, 11) is 0. The third kappa shape index (κ3) is 28.1. The molecule has 5 nitrogen and oxygen atoms in total. The molecule has 10 aliphatic carbocycles. The molecule has 5 heteroatoms. The highest BCUT2D eigenvalue weighted by Gasteiger charge is 2.35. The van der Waals surface area contributed by atoms with Gasteiger partial charge in [-0.1, -0.05) is 202 Å². The number of carbonyl (C=O) groups is 5. The highest BCUT2D eigenvalue weighted by molar-refractivity contribution is 5.81. The second kappa shape index (κ2) is 43.2. The molecule has 5 unspecified atom stereocenters. The van der Waals surface area contributed by atoms with Gasteiger partial charge in [-0.05, 0) is 217 Å². The van der Waals surface area contributed by atoms with E-state index in [1.54, 1.807) is 0 Å². The normalized spacial score (nSPS) is 34.6. The lowest BCUT2D eigenvalue weighted by Gasteiger charge is -2.35. The summed E-state index contributed by atoms with van der Waals surface area (Å²) in [6.07, 6.45) is 72.4. The van der Waals surface area contributed by atoms with E-state index in [1.807, 2.05) is 0 Å². The number of Topliss-reactive ketones (excluding diaryl/α,β-unsaturated/α-hetero) is 5. The van der Waals surface area contributed by atoms with Crippen LogP contribution in [-0.4, -0.2) is 28.9 Å². The van der Waals surface area contributed by atoms with Gasteiger partial charge in [-0.2, -0.15) is 0 Å². The molecule has 0 aromatic carbocycles. The summed E-state index contributed by atoms with van der Waals surface area (Å²) in [5.74, 6) is 15.9. The Labute approximate surface area is 533 Å². The van der Waals surface area contributed by atoms with E-state index < -0.39 is 0 Å². The van der Waals surface area contributed by atoms with Gasteiger partial charge in [0.15, 0.2) is 0 Å². The molecule has 0 bridgehead atoms. The first-order valence-electron chi connectivity index (χ1n) is 39.5. The number of hydrogen-bond donors (Lipinski definition) is 0. The van der Waals surface area contributed by atoms with Gasteiger partial charge in [-0.15, -0.1) is 0 Å². The van der Waals surface area contributed by atoms with Crippen LogP contribution in [0, 0.1) is 88.8 Å². The molecule has 10 rings (SSSR count). The predicted octanol–water partition coefficient (Wildman–Crippen LogP) is 24.1. The molecule has 10 fully saturated rings. The van der Waals surface area contributed by atoms with Crippen molar-refractivity contribution in [2.24, 2.45) is 88.8 Å². The van der Waals surface area contributed by atoms with Crippen LogP contribution in [0.15, 0.2) is 0 Å². The van der Waals surface area contributed by atoms with E-state index in [0.717, 1.165) is 159 Å². The maximum atomic E-state index is 11.6. The van der Waals surface area contributed by atoms with Crippen LogP contribution in [0.1, 0.15) is 394 Å². The standard InChI is InChI=1S/C19H34O.C17H30O.C16H28O.C15H26O.C14H24O/c1-2-3-4-5-6-8-16-11-13-17(14-12-16)18-9-7-10-19(20)15-18;1-2-3-4-6-14-9-11-15(12-10-14)16-7-5-8-17(18)13-16;1-2-3-5-13-8-10-14(11-9-13)15-6-4-7-16(17)12-15;1-2-4-12-7-9-13(10-8-12)14-5-3-6-15(16)11-14;1-2-11-6-8-12(9-7-11)13-4-3-5-14(15)10-13/h16-18H,2-15H2,1H3;14-16H,2-13H2,1H3;13-15H,2-12H2,1H3;12-14H,2-11H2,1H3;11-13H,2-10H2,1H3/t16-,17-,18?;14-,15-,16?;13-,14-,15?;12-,13-,14?;11-,12-,13?. The number of rotatable bonds is 21. The molecular weight excluding hydrogens is 1050 g/mol. The summed E-state index contributed by atoms with van der Waals surface area (Å²) in [6, 6.07) is 0. The molecule has 0 amide bonds. The van der Waals surface area contributed by atoms with Crippen molar-refractivity contribution < 1.29 is 24.0 Å². The lowest BCUT2D eigenvalue weighted by atomic mass is 9.70. The second-order valence-corrected chi connectivity index (χ2v) is 31.9. The highest BCUT2D eigenvalue weighted by atomic mass is 16.1. The van der Waals surface area contributed by atoms with Gasteiger partial charge in [-0.25, -0.2) is 0 Å². The van der Waals surface area contributed by atoms with Gasteiger partial charge in [0.05, 0.1) is 0 Å². The smallest absolute Gasteiger partial charge is 0.133 e. The zero-order valence-corrected chi connectivity index (χ0v) is 57.8. The first-order valence-corrected chi connectivity index (χ1v) is 39.5. The SMILES string of the molecule is CCCCCCC[C@H]1CC[C@H](C2CCCC(=O)C2)CC1.CCCCC[C@H]1CC[C@H](C2CCCC(=O)C2)CC1.CCCC[C@H]1CC[C@H](C2CCCC(=O)C2)CC1.CCC[C@H]1CC[C@H](C2CCCC(=O)C2)CC1.CC[C@H]1CC[C@H](C2CCCC(=O)C2)CC1. The van der Waals surface area contributed by atoms with Crippen LogP contribution in [0.2, 0.25) is 0 Å². The van der Waals surface area contributed by atoms with E-state index in [2.05, 4.69) is 34.6 Å². The number of unbranched alkanes of at least 4 members (excludes halogenated alkanes) is 7. The number of carbonyl (C=O) groups excluding carboxylic acids is 5. The molecule has 0 N–H and O–H groups in total. The summed E-state index contributed by atoms with van der Waals surface area (Å²) in [5, 5.41) is 0. The van der Waals surface area contributed by atoms with Crippen molar-refractivity contribution in [1.29, 1.82) is 0 Å². The largest absolute Gasteiger partial charge is 0.300 e. The molecule has 5 atom stereocenters. The summed E-state index contributed by atoms with van der Waals surface area (Å²) in [6.45, 7) is 11.5. The fraction of sp³-hybridized carbons (Fsp3) is 0.938. The van der Waals surface area contributed by atoms with Crippen LogP contribution in [0.5, 0.6) is 0 Å². The predicted molar refractivity (Wildman–Crippen MR) is 364 cm³/mol. The van der Waals surface area contributed by atoms with Gasteiger partial charge in [0.1, 0.15) is 28.9 Å². The molecule has 0 radical (unpaired) electrons. The van der Waals surface area contributed by atoms with E-state index in [0.29, 0.717) is 28.9 Å². The number of hydrogen-bond acceptors (Lipinski definition) is 5. The summed E-state index contributed by atoms with van der Waals surface area (Å²) in [5.41, 5.74) is 0. The van der Waals surface area contributed by atoms with Crippen molar-refractivity contribution in [2.45, 2.75) is 394 Å². The first kappa shape index (κ1) is 73.4. The first-order chi connectivity index (χ1) is 42.0. The molecule has 0 aromatic heterocycles. The highest BCUT2D eigenvalue weighted by Crippen LogP contribution is 2.45. The minimum absolute atomic E-state index is 0.531. The third-order valence-corrected chi connectivity index (χ3v) is 25.6. The zero-order chi connectivity index (χ0) is 61.1.